The van der Waals surface area contributed by atoms with Gasteiger partial charge in [-0.15, -0.1) is 5.10 Å². The zero-order valence-electron chi connectivity index (χ0n) is 12.4. The Hall–Kier alpha value is -1.92. The Morgan fingerprint density at radius 3 is 2.45 bits per heavy atom. The maximum atomic E-state index is 11.3. The number of carbonyl (C=O) groups excluding carboxylic acids is 1. The molecule has 110 valence electrons. The summed E-state index contributed by atoms with van der Waals surface area (Å²) in [7, 11) is 0. The number of hydrogen-bond acceptors (Lipinski definition) is 6. The first kappa shape index (κ1) is 14.5. The van der Waals surface area contributed by atoms with Crippen molar-refractivity contribution in [2.75, 3.05) is 49.1 Å². The van der Waals surface area contributed by atoms with Crippen LogP contribution in [0.2, 0.25) is 0 Å². The monoisotopic (exact) mass is 278 g/mol. The highest BCUT2D eigenvalue weighted by atomic mass is 16.2. The lowest BCUT2D eigenvalue weighted by Gasteiger charge is -2.34. The standard InChI is InChI=1S/C13H22N6O/c1-4-17(5-2)13-15-12(10-14-16-13)19-8-6-18(7-9-19)11(3)20/h10H,4-9H2,1-3H3. The van der Waals surface area contributed by atoms with Crippen molar-refractivity contribution in [2.45, 2.75) is 20.8 Å². The molecule has 1 aliphatic heterocycles. The zero-order valence-corrected chi connectivity index (χ0v) is 12.4. The molecule has 0 spiro atoms. The van der Waals surface area contributed by atoms with Crippen molar-refractivity contribution in [3.05, 3.63) is 6.20 Å². The second-order valence-electron chi connectivity index (χ2n) is 4.78. The van der Waals surface area contributed by atoms with Crippen molar-refractivity contribution in [3.63, 3.8) is 0 Å². The molecule has 0 unspecified atom stereocenters. The smallest absolute Gasteiger partial charge is 0.247 e. The summed E-state index contributed by atoms with van der Waals surface area (Å²) in [4.78, 5) is 22.0. The minimum atomic E-state index is 0.134. The van der Waals surface area contributed by atoms with Crippen LogP contribution in [0.1, 0.15) is 20.8 Å². The Kier molecular flexibility index (Phi) is 4.70. The molecule has 0 bridgehead atoms. The molecule has 0 radical (unpaired) electrons. The van der Waals surface area contributed by atoms with E-state index in [9.17, 15) is 4.79 Å². The van der Waals surface area contributed by atoms with Crippen molar-refractivity contribution in [1.82, 2.24) is 20.1 Å². The van der Waals surface area contributed by atoms with Gasteiger partial charge in [0.15, 0.2) is 5.82 Å². The van der Waals surface area contributed by atoms with Gasteiger partial charge in [-0.3, -0.25) is 4.79 Å². The molecule has 2 heterocycles. The summed E-state index contributed by atoms with van der Waals surface area (Å²) in [5.41, 5.74) is 0. The molecular weight excluding hydrogens is 256 g/mol. The predicted octanol–water partition coefficient (Wildman–Crippen LogP) is 0.386. The normalized spacial score (nSPS) is 15.3. The third-order valence-corrected chi connectivity index (χ3v) is 3.63. The van der Waals surface area contributed by atoms with Crippen LogP contribution in [0.5, 0.6) is 0 Å². The third kappa shape index (κ3) is 3.15. The van der Waals surface area contributed by atoms with Crippen molar-refractivity contribution in [3.8, 4) is 0 Å². The fourth-order valence-electron chi connectivity index (χ4n) is 2.33. The molecule has 1 fully saturated rings. The molecule has 7 nitrogen and oxygen atoms in total. The van der Waals surface area contributed by atoms with Crippen LogP contribution < -0.4 is 9.80 Å². The first-order valence-corrected chi connectivity index (χ1v) is 7.10. The second kappa shape index (κ2) is 6.49. The molecule has 1 amide bonds. The van der Waals surface area contributed by atoms with E-state index in [-0.39, 0.29) is 5.91 Å². The van der Waals surface area contributed by atoms with Gasteiger partial charge >= 0.3 is 0 Å². The topological polar surface area (TPSA) is 65.5 Å². The fraction of sp³-hybridized carbons (Fsp3) is 0.692. The van der Waals surface area contributed by atoms with Crippen molar-refractivity contribution in [2.24, 2.45) is 0 Å². The van der Waals surface area contributed by atoms with Gasteiger partial charge in [0, 0.05) is 46.2 Å². The molecule has 1 aromatic heterocycles. The van der Waals surface area contributed by atoms with Crippen LogP contribution >= 0.6 is 0 Å². The Labute approximate surface area is 119 Å². The van der Waals surface area contributed by atoms with Crippen LogP contribution in [0.4, 0.5) is 11.8 Å². The fourth-order valence-corrected chi connectivity index (χ4v) is 2.33. The van der Waals surface area contributed by atoms with Crippen LogP contribution in [0.15, 0.2) is 6.20 Å². The molecule has 1 aliphatic rings. The summed E-state index contributed by atoms with van der Waals surface area (Å²) in [5.74, 6) is 1.64. The summed E-state index contributed by atoms with van der Waals surface area (Å²) in [6.45, 7) is 10.5. The number of piperazine rings is 1. The van der Waals surface area contributed by atoms with Crippen LogP contribution in [-0.4, -0.2) is 65.3 Å². The molecule has 0 saturated carbocycles. The van der Waals surface area contributed by atoms with Crippen molar-refractivity contribution >= 4 is 17.7 Å². The summed E-state index contributed by atoms with van der Waals surface area (Å²) in [6, 6.07) is 0. The Morgan fingerprint density at radius 1 is 1.25 bits per heavy atom. The van der Waals surface area contributed by atoms with Crippen LogP contribution in [0.3, 0.4) is 0 Å². The van der Waals surface area contributed by atoms with E-state index in [2.05, 4.69) is 38.8 Å². The van der Waals surface area contributed by atoms with E-state index in [1.54, 1.807) is 13.1 Å². The lowest BCUT2D eigenvalue weighted by atomic mass is 10.3. The van der Waals surface area contributed by atoms with E-state index < -0.39 is 0 Å². The van der Waals surface area contributed by atoms with E-state index >= 15 is 0 Å². The minimum Gasteiger partial charge on any atom is -0.352 e. The largest absolute Gasteiger partial charge is 0.352 e. The van der Waals surface area contributed by atoms with Gasteiger partial charge in [0.25, 0.3) is 0 Å². The molecule has 20 heavy (non-hydrogen) atoms. The van der Waals surface area contributed by atoms with Crippen LogP contribution in [-0.2, 0) is 4.79 Å². The summed E-state index contributed by atoms with van der Waals surface area (Å²) in [5, 5.41) is 8.15. The average molecular weight is 278 g/mol. The number of nitrogens with zero attached hydrogens (tertiary/aromatic N) is 6. The van der Waals surface area contributed by atoms with Crippen LogP contribution in [0, 0.1) is 0 Å². The Balaban J connectivity index is 2.07. The van der Waals surface area contributed by atoms with E-state index in [0.717, 1.165) is 45.1 Å². The number of amides is 1. The molecule has 0 aromatic carbocycles. The zero-order chi connectivity index (χ0) is 14.5. The highest BCUT2D eigenvalue weighted by Gasteiger charge is 2.20. The average Bonchev–Trinajstić information content (AvgIpc) is 2.49. The molecule has 0 aliphatic carbocycles. The Bertz CT molecular complexity index is 454. The lowest BCUT2D eigenvalue weighted by molar-refractivity contribution is -0.129. The molecule has 0 N–H and O–H groups in total. The number of anilines is 2. The minimum absolute atomic E-state index is 0.134. The second-order valence-corrected chi connectivity index (χ2v) is 4.78. The van der Waals surface area contributed by atoms with Crippen molar-refractivity contribution < 1.29 is 4.79 Å². The number of carbonyl (C=O) groups is 1. The number of rotatable bonds is 4. The predicted molar refractivity (Wildman–Crippen MR) is 77.9 cm³/mol. The van der Waals surface area contributed by atoms with Gasteiger partial charge in [0.1, 0.15) is 0 Å². The highest BCUT2D eigenvalue weighted by molar-refractivity contribution is 5.73. The molecule has 2 rings (SSSR count). The lowest BCUT2D eigenvalue weighted by Crippen LogP contribution is -2.48. The van der Waals surface area contributed by atoms with E-state index in [1.807, 2.05) is 4.90 Å². The van der Waals surface area contributed by atoms with Gasteiger partial charge in [-0.2, -0.15) is 10.1 Å². The molecule has 1 aromatic rings. The van der Waals surface area contributed by atoms with Crippen molar-refractivity contribution in [1.29, 1.82) is 0 Å². The maximum Gasteiger partial charge on any atom is 0.247 e. The molecule has 1 saturated heterocycles. The van der Waals surface area contributed by atoms with Gasteiger partial charge in [0.05, 0.1) is 6.20 Å². The molecular formula is C13H22N6O. The molecule has 7 heteroatoms. The summed E-state index contributed by atoms with van der Waals surface area (Å²) in [6.07, 6.45) is 1.69. The summed E-state index contributed by atoms with van der Waals surface area (Å²) < 4.78 is 0. The first-order valence-electron chi connectivity index (χ1n) is 7.10. The van der Waals surface area contributed by atoms with Gasteiger partial charge in [-0.1, -0.05) is 0 Å². The first-order chi connectivity index (χ1) is 9.65. The third-order valence-electron chi connectivity index (χ3n) is 3.63. The SMILES string of the molecule is CCN(CC)c1nncc(N2CCN(C(C)=O)CC2)n1. The quantitative estimate of drug-likeness (QED) is 0.793. The van der Waals surface area contributed by atoms with Gasteiger partial charge in [-0.25, -0.2) is 0 Å². The summed E-state index contributed by atoms with van der Waals surface area (Å²) >= 11 is 0. The van der Waals surface area contributed by atoms with E-state index in [0.29, 0.717) is 5.95 Å². The van der Waals surface area contributed by atoms with E-state index in [4.69, 9.17) is 0 Å². The molecule has 0 atom stereocenters. The number of hydrogen-bond donors (Lipinski definition) is 0. The number of aromatic nitrogens is 3. The highest BCUT2D eigenvalue weighted by Crippen LogP contribution is 2.15. The van der Waals surface area contributed by atoms with Gasteiger partial charge in [0.2, 0.25) is 11.9 Å². The Morgan fingerprint density at radius 2 is 1.90 bits per heavy atom. The maximum absolute atomic E-state index is 11.3. The van der Waals surface area contributed by atoms with Gasteiger partial charge in [-0.05, 0) is 13.8 Å². The van der Waals surface area contributed by atoms with Crippen LogP contribution in [0.25, 0.3) is 0 Å². The van der Waals surface area contributed by atoms with E-state index in [1.165, 1.54) is 0 Å². The van der Waals surface area contributed by atoms with Gasteiger partial charge < -0.3 is 14.7 Å².